The fraction of sp³-hybridized carbons (Fsp3) is 0.667. The fourth-order valence-electron chi connectivity index (χ4n) is 2.45. The van der Waals surface area contributed by atoms with Crippen LogP contribution in [0.3, 0.4) is 0 Å². The summed E-state index contributed by atoms with van der Waals surface area (Å²) in [5.41, 5.74) is 0.968. The van der Waals surface area contributed by atoms with Gasteiger partial charge < -0.3 is 16.0 Å². The Morgan fingerprint density at radius 1 is 1.29 bits per heavy atom. The average Bonchev–Trinajstić information content (AvgIpc) is 2.46. The zero-order chi connectivity index (χ0) is 15.2. The van der Waals surface area contributed by atoms with E-state index in [-0.39, 0.29) is 11.9 Å². The molecule has 0 aliphatic carbocycles. The smallest absolute Gasteiger partial charge is 0.242 e. The van der Waals surface area contributed by atoms with Gasteiger partial charge in [-0.2, -0.15) is 0 Å². The topological polar surface area (TPSA) is 78.9 Å². The van der Waals surface area contributed by atoms with E-state index in [9.17, 15) is 4.79 Å². The van der Waals surface area contributed by atoms with Crippen molar-refractivity contribution in [2.45, 2.75) is 52.5 Å². The maximum Gasteiger partial charge on any atom is 0.242 e. The minimum atomic E-state index is -0.198. The molecule has 0 saturated carbocycles. The van der Waals surface area contributed by atoms with Gasteiger partial charge in [-0.25, -0.2) is 9.97 Å². The Morgan fingerprint density at radius 2 is 2.05 bits per heavy atom. The van der Waals surface area contributed by atoms with Crippen LogP contribution in [0.15, 0.2) is 0 Å². The van der Waals surface area contributed by atoms with Crippen LogP contribution < -0.4 is 16.0 Å². The molecule has 0 bridgehead atoms. The number of aromatic nitrogens is 2. The van der Waals surface area contributed by atoms with E-state index in [2.05, 4.69) is 32.8 Å². The Labute approximate surface area is 126 Å². The molecule has 0 radical (unpaired) electrons. The predicted molar refractivity (Wildman–Crippen MR) is 84.6 cm³/mol. The molecule has 1 aliphatic heterocycles. The maximum absolute atomic E-state index is 11.9. The van der Waals surface area contributed by atoms with Crippen LogP contribution in [0.25, 0.3) is 0 Å². The highest BCUT2D eigenvalue weighted by Crippen LogP contribution is 2.22. The van der Waals surface area contributed by atoms with Crippen molar-refractivity contribution in [1.82, 2.24) is 15.3 Å². The summed E-state index contributed by atoms with van der Waals surface area (Å²) in [4.78, 5) is 21.1. The van der Waals surface area contributed by atoms with Gasteiger partial charge in [0.15, 0.2) is 0 Å². The molecule has 2 rings (SSSR count). The number of hydrogen-bond acceptors (Lipinski definition) is 5. The zero-order valence-corrected chi connectivity index (χ0v) is 13.1. The molecular formula is C15H25N5O. The number of aryl methyl sites for hydroxylation is 1. The highest BCUT2D eigenvalue weighted by Gasteiger charge is 2.23. The van der Waals surface area contributed by atoms with E-state index in [1.54, 1.807) is 0 Å². The molecule has 21 heavy (non-hydrogen) atoms. The molecule has 1 aliphatic rings. The highest BCUT2D eigenvalue weighted by atomic mass is 16.2. The first-order valence-corrected chi connectivity index (χ1v) is 7.81. The Balaban J connectivity index is 2.25. The van der Waals surface area contributed by atoms with Crippen LogP contribution in [0.1, 0.15) is 44.5 Å². The van der Waals surface area contributed by atoms with Crippen LogP contribution in [0.5, 0.6) is 0 Å². The lowest BCUT2D eigenvalue weighted by atomic mass is 10.1. The molecule has 6 nitrogen and oxygen atoms in total. The molecule has 2 heterocycles. The first-order valence-electron chi connectivity index (χ1n) is 7.81. The molecule has 1 saturated heterocycles. The first kappa shape index (κ1) is 15.5. The van der Waals surface area contributed by atoms with Gasteiger partial charge in [0.1, 0.15) is 23.5 Å². The summed E-state index contributed by atoms with van der Waals surface area (Å²) >= 11 is 0. The van der Waals surface area contributed by atoms with Gasteiger partial charge in [0.25, 0.3) is 0 Å². The summed E-state index contributed by atoms with van der Waals surface area (Å²) in [6.07, 6.45) is 3.67. The number of carbonyl (C=O) groups is 1. The van der Waals surface area contributed by atoms with Crippen molar-refractivity contribution in [3.8, 4) is 0 Å². The standard InChI is InChI=1S/C15H25N5O/c1-4-7-12-19-13(16-5-2)10(3)14(20-12)18-11-8-6-9-17-15(11)21/h11H,4-9H2,1-3H3,(H,17,21)(H2,16,18,19,20). The van der Waals surface area contributed by atoms with E-state index in [0.717, 1.165) is 61.8 Å². The number of hydrogen-bond donors (Lipinski definition) is 3. The van der Waals surface area contributed by atoms with Crippen LogP contribution in [0, 0.1) is 6.92 Å². The van der Waals surface area contributed by atoms with Gasteiger partial charge in [0.2, 0.25) is 5.91 Å². The lowest BCUT2D eigenvalue weighted by Gasteiger charge is -2.24. The lowest BCUT2D eigenvalue weighted by molar-refractivity contribution is -0.123. The van der Waals surface area contributed by atoms with Crippen molar-refractivity contribution in [2.75, 3.05) is 23.7 Å². The monoisotopic (exact) mass is 291 g/mol. The highest BCUT2D eigenvalue weighted by molar-refractivity contribution is 5.85. The van der Waals surface area contributed by atoms with Gasteiger partial charge in [0.05, 0.1) is 0 Å². The molecule has 116 valence electrons. The third-order valence-electron chi connectivity index (χ3n) is 3.61. The molecule has 1 aromatic heterocycles. The fourth-order valence-corrected chi connectivity index (χ4v) is 2.45. The van der Waals surface area contributed by atoms with Crippen LogP contribution >= 0.6 is 0 Å². The Hall–Kier alpha value is -1.85. The summed E-state index contributed by atoms with van der Waals surface area (Å²) in [6, 6.07) is -0.198. The number of nitrogens with zero attached hydrogens (tertiary/aromatic N) is 2. The molecule has 3 N–H and O–H groups in total. The Morgan fingerprint density at radius 3 is 2.71 bits per heavy atom. The number of amides is 1. The summed E-state index contributed by atoms with van der Waals surface area (Å²) in [5.74, 6) is 2.50. The van der Waals surface area contributed by atoms with E-state index in [4.69, 9.17) is 0 Å². The van der Waals surface area contributed by atoms with Crippen molar-refractivity contribution in [1.29, 1.82) is 0 Å². The second kappa shape index (κ2) is 7.24. The molecule has 1 amide bonds. The van der Waals surface area contributed by atoms with Crippen molar-refractivity contribution >= 4 is 17.5 Å². The van der Waals surface area contributed by atoms with Crippen LogP contribution in [-0.4, -0.2) is 35.0 Å². The van der Waals surface area contributed by atoms with Crippen molar-refractivity contribution in [3.05, 3.63) is 11.4 Å². The minimum Gasteiger partial charge on any atom is -0.370 e. The minimum absolute atomic E-state index is 0.0568. The van der Waals surface area contributed by atoms with Crippen LogP contribution in [0.4, 0.5) is 11.6 Å². The van der Waals surface area contributed by atoms with Gasteiger partial charge in [0, 0.05) is 25.1 Å². The summed E-state index contributed by atoms with van der Waals surface area (Å²) < 4.78 is 0. The molecule has 1 unspecified atom stereocenters. The Kier molecular flexibility index (Phi) is 5.36. The molecule has 1 atom stereocenters. The summed E-state index contributed by atoms with van der Waals surface area (Å²) in [5, 5.41) is 9.46. The van der Waals surface area contributed by atoms with Crippen LogP contribution in [0.2, 0.25) is 0 Å². The second-order valence-corrected chi connectivity index (χ2v) is 5.37. The number of rotatable bonds is 6. The summed E-state index contributed by atoms with van der Waals surface area (Å²) in [6.45, 7) is 7.72. The van der Waals surface area contributed by atoms with Crippen molar-refractivity contribution in [3.63, 3.8) is 0 Å². The van der Waals surface area contributed by atoms with Crippen LogP contribution in [-0.2, 0) is 11.2 Å². The molecular weight excluding hydrogens is 266 g/mol. The summed E-state index contributed by atoms with van der Waals surface area (Å²) in [7, 11) is 0. The number of nitrogens with one attached hydrogen (secondary N) is 3. The molecule has 0 spiro atoms. The van der Waals surface area contributed by atoms with Crippen molar-refractivity contribution in [2.24, 2.45) is 0 Å². The van der Waals surface area contributed by atoms with E-state index >= 15 is 0 Å². The quantitative estimate of drug-likeness (QED) is 0.745. The lowest BCUT2D eigenvalue weighted by Crippen LogP contribution is -2.44. The second-order valence-electron chi connectivity index (χ2n) is 5.37. The zero-order valence-electron chi connectivity index (χ0n) is 13.1. The average molecular weight is 291 g/mol. The number of piperidine rings is 1. The van der Waals surface area contributed by atoms with Crippen molar-refractivity contribution < 1.29 is 4.79 Å². The van der Waals surface area contributed by atoms with Gasteiger partial charge in [-0.05, 0) is 33.1 Å². The van der Waals surface area contributed by atoms with E-state index in [0.29, 0.717) is 0 Å². The van der Waals surface area contributed by atoms with Gasteiger partial charge in [-0.15, -0.1) is 0 Å². The largest absolute Gasteiger partial charge is 0.370 e. The van der Waals surface area contributed by atoms with E-state index in [1.165, 1.54) is 0 Å². The van der Waals surface area contributed by atoms with Gasteiger partial charge in [-0.1, -0.05) is 6.92 Å². The third kappa shape index (κ3) is 3.83. The van der Waals surface area contributed by atoms with E-state index in [1.807, 2.05) is 13.8 Å². The van der Waals surface area contributed by atoms with E-state index < -0.39 is 0 Å². The predicted octanol–water partition coefficient (Wildman–Crippen LogP) is 1.86. The molecule has 1 aromatic rings. The van der Waals surface area contributed by atoms with Gasteiger partial charge >= 0.3 is 0 Å². The third-order valence-corrected chi connectivity index (χ3v) is 3.61. The number of carbonyl (C=O) groups excluding carboxylic acids is 1. The Bertz CT molecular complexity index is 503. The first-order chi connectivity index (χ1) is 10.2. The molecule has 1 fully saturated rings. The maximum atomic E-state index is 11.9. The molecule has 6 heteroatoms. The normalized spacial score (nSPS) is 18.2. The molecule has 0 aromatic carbocycles. The SMILES string of the molecule is CCCc1nc(NCC)c(C)c(NC2CCCNC2=O)n1. The number of anilines is 2. The van der Waals surface area contributed by atoms with Gasteiger partial charge in [-0.3, -0.25) is 4.79 Å².